The van der Waals surface area contributed by atoms with Crippen LogP contribution >= 0.6 is 11.3 Å². The third kappa shape index (κ3) is 4.51. The SMILES string of the molecule is CCOc1ccccc1-c1sc2c(N=NCc3cc(OC)c(OC)c(OC)c3)ncnc2c1C. The highest BCUT2D eigenvalue weighted by atomic mass is 32.1. The molecule has 0 aliphatic carbocycles. The van der Waals surface area contributed by atoms with E-state index in [-0.39, 0.29) is 0 Å². The molecule has 0 radical (unpaired) electrons. The summed E-state index contributed by atoms with van der Waals surface area (Å²) >= 11 is 1.59. The van der Waals surface area contributed by atoms with Crippen LogP contribution in [0.1, 0.15) is 18.1 Å². The van der Waals surface area contributed by atoms with Gasteiger partial charge in [0.25, 0.3) is 0 Å². The van der Waals surface area contributed by atoms with Crippen LogP contribution in [0.3, 0.4) is 0 Å². The number of thiophene rings is 1. The molecule has 0 saturated heterocycles. The predicted octanol–water partition coefficient (Wildman–Crippen LogP) is 6.38. The number of aromatic nitrogens is 2. The van der Waals surface area contributed by atoms with Gasteiger partial charge in [0.1, 0.15) is 16.8 Å². The van der Waals surface area contributed by atoms with Crippen molar-refractivity contribution in [2.45, 2.75) is 20.4 Å². The van der Waals surface area contributed by atoms with E-state index >= 15 is 0 Å². The summed E-state index contributed by atoms with van der Waals surface area (Å²) in [4.78, 5) is 9.97. The third-order valence-electron chi connectivity index (χ3n) is 5.26. The fourth-order valence-corrected chi connectivity index (χ4v) is 4.91. The molecule has 0 unspecified atom stereocenters. The summed E-state index contributed by atoms with van der Waals surface area (Å²) in [5, 5.41) is 8.82. The van der Waals surface area contributed by atoms with Crippen LogP contribution in [0.15, 0.2) is 53.0 Å². The first-order valence-corrected chi connectivity index (χ1v) is 11.6. The molecule has 0 fully saturated rings. The molecule has 0 bridgehead atoms. The lowest BCUT2D eigenvalue weighted by Crippen LogP contribution is -1.96. The van der Waals surface area contributed by atoms with E-state index in [1.807, 2.05) is 37.3 Å². The Morgan fingerprint density at radius 2 is 1.68 bits per heavy atom. The van der Waals surface area contributed by atoms with Gasteiger partial charge in [-0.3, -0.25) is 0 Å². The molecular weight excluding hydrogens is 452 g/mol. The maximum absolute atomic E-state index is 5.84. The molecule has 2 heterocycles. The maximum atomic E-state index is 5.84. The maximum Gasteiger partial charge on any atom is 0.203 e. The molecule has 8 nitrogen and oxygen atoms in total. The monoisotopic (exact) mass is 478 g/mol. The molecule has 2 aromatic carbocycles. The highest BCUT2D eigenvalue weighted by molar-refractivity contribution is 7.23. The number of benzene rings is 2. The summed E-state index contributed by atoms with van der Waals surface area (Å²) in [5.74, 6) is 3.06. The Bertz CT molecular complexity index is 1310. The van der Waals surface area contributed by atoms with Gasteiger partial charge in [-0.15, -0.1) is 16.5 Å². The van der Waals surface area contributed by atoms with Crippen LogP contribution in [0, 0.1) is 6.92 Å². The normalized spacial score (nSPS) is 11.2. The Labute approximate surface area is 202 Å². The van der Waals surface area contributed by atoms with E-state index in [2.05, 4.69) is 33.2 Å². The number of para-hydroxylation sites is 1. The van der Waals surface area contributed by atoms with Gasteiger partial charge in [0.2, 0.25) is 5.75 Å². The second-order valence-electron chi connectivity index (χ2n) is 7.29. The number of hydrogen-bond acceptors (Lipinski definition) is 9. The molecule has 9 heteroatoms. The zero-order chi connectivity index (χ0) is 24.1. The molecule has 0 atom stereocenters. The van der Waals surface area contributed by atoms with Gasteiger partial charge >= 0.3 is 0 Å². The Balaban J connectivity index is 1.67. The quantitative estimate of drug-likeness (QED) is 0.260. The number of hydrogen-bond donors (Lipinski definition) is 0. The lowest BCUT2D eigenvalue weighted by Gasteiger charge is -2.13. The van der Waals surface area contributed by atoms with E-state index in [1.54, 1.807) is 32.7 Å². The minimum atomic E-state index is 0.326. The number of fused-ring (bicyclic) bond motifs is 1. The number of nitrogens with zero attached hydrogens (tertiary/aromatic N) is 4. The van der Waals surface area contributed by atoms with Crippen LogP contribution in [0.5, 0.6) is 23.0 Å². The van der Waals surface area contributed by atoms with Crippen molar-refractivity contribution in [2.24, 2.45) is 10.2 Å². The molecule has 176 valence electrons. The molecule has 2 aromatic heterocycles. The average molecular weight is 479 g/mol. The molecule has 0 spiro atoms. The van der Waals surface area contributed by atoms with Crippen LogP contribution in [0.25, 0.3) is 20.7 Å². The second-order valence-corrected chi connectivity index (χ2v) is 8.31. The summed E-state index contributed by atoms with van der Waals surface area (Å²) in [6.07, 6.45) is 1.52. The van der Waals surface area contributed by atoms with Crippen LogP contribution in [-0.4, -0.2) is 37.9 Å². The van der Waals surface area contributed by atoms with Gasteiger partial charge < -0.3 is 18.9 Å². The van der Waals surface area contributed by atoms with Crippen LogP contribution in [0.2, 0.25) is 0 Å². The van der Waals surface area contributed by atoms with Crippen molar-refractivity contribution in [1.29, 1.82) is 0 Å². The van der Waals surface area contributed by atoms with Gasteiger partial charge in [-0.25, -0.2) is 9.97 Å². The number of azo groups is 1. The smallest absolute Gasteiger partial charge is 0.203 e. The zero-order valence-corrected chi connectivity index (χ0v) is 20.6. The second kappa shape index (κ2) is 10.5. The molecule has 4 rings (SSSR count). The Morgan fingerprint density at radius 1 is 0.941 bits per heavy atom. The van der Waals surface area contributed by atoms with E-state index in [4.69, 9.17) is 18.9 Å². The largest absolute Gasteiger partial charge is 0.493 e. The van der Waals surface area contributed by atoms with Crippen molar-refractivity contribution in [2.75, 3.05) is 27.9 Å². The zero-order valence-electron chi connectivity index (χ0n) is 19.8. The number of aryl methyl sites for hydroxylation is 1. The first-order chi connectivity index (χ1) is 16.6. The standard InChI is InChI=1S/C25H26N4O4S/c1-6-33-18-10-8-7-9-17(18)23-15(2)21-24(34-23)25(27-14-26-21)29-28-13-16-11-19(30-3)22(32-5)20(12-16)31-4/h7-12,14H,6,13H2,1-5H3. The van der Waals surface area contributed by atoms with Crippen molar-refractivity contribution in [3.63, 3.8) is 0 Å². The summed E-state index contributed by atoms with van der Waals surface area (Å²) in [7, 11) is 4.74. The Kier molecular flexibility index (Phi) is 7.22. The molecule has 34 heavy (non-hydrogen) atoms. The Morgan fingerprint density at radius 3 is 2.35 bits per heavy atom. The average Bonchev–Trinajstić information content (AvgIpc) is 3.21. The first-order valence-electron chi connectivity index (χ1n) is 10.7. The van der Waals surface area contributed by atoms with Gasteiger partial charge in [0.05, 0.1) is 40.0 Å². The molecule has 0 N–H and O–H groups in total. The van der Waals surface area contributed by atoms with Crippen molar-refractivity contribution in [3.8, 4) is 33.4 Å². The van der Waals surface area contributed by atoms with Gasteiger partial charge in [-0.2, -0.15) is 5.11 Å². The lowest BCUT2D eigenvalue weighted by molar-refractivity contribution is 0.324. The summed E-state index contributed by atoms with van der Waals surface area (Å²) in [6, 6.07) is 11.7. The minimum absolute atomic E-state index is 0.326. The van der Waals surface area contributed by atoms with Crippen molar-refractivity contribution < 1.29 is 18.9 Å². The van der Waals surface area contributed by atoms with Crippen molar-refractivity contribution in [1.82, 2.24) is 9.97 Å². The fourth-order valence-electron chi connectivity index (χ4n) is 3.69. The molecule has 0 aliphatic rings. The molecule has 4 aromatic rings. The molecule has 0 saturated carbocycles. The summed E-state index contributed by atoms with van der Waals surface area (Å²) in [6.45, 7) is 4.96. The predicted molar refractivity (Wildman–Crippen MR) is 133 cm³/mol. The third-order valence-corrected chi connectivity index (χ3v) is 6.57. The number of ether oxygens (including phenoxy) is 4. The number of methoxy groups -OCH3 is 3. The van der Waals surface area contributed by atoms with Gasteiger partial charge in [-0.05, 0) is 49.2 Å². The summed E-state index contributed by atoms with van der Waals surface area (Å²) in [5.41, 5.74) is 3.83. The first kappa shape index (κ1) is 23.4. The Hall–Kier alpha value is -3.72. The molecular formula is C25H26N4O4S. The molecule has 0 amide bonds. The van der Waals surface area contributed by atoms with Crippen LogP contribution in [0.4, 0.5) is 5.82 Å². The van der Waals surface area contributed by atoms with Crippen LogP contribution in [-0.2, 0) is 6.54 Å². The van der Waals surface area contributed by atoms with E-state index < -0.39 is 0 Å². The fraction of sp³-hybridized carbons (Fsp3) is 0.280. The summed E-state index contributed by atoms with van der Waals surface area (Å²) < 4.78 is 22.9. The number of rotatable bonds is 9. The highest BCUT2D eigenvalue weighted by Gasteiger charge is 2.18. The highest BCUT2D eigenvalue weighted by Crippen LogP contribution is 2.43. The van der Waals surface area contributed by atoms with Crippen LogP contribution < -0.4 is 18.9 Å². The van der Waals surface area contributed by atoms with E-state index in [9.17, 15) is 0 Å². The van der Waals surface area contributed by atoms with E-state index in [0.29, 0.717) is 36.2 Å². The van der Waals surface area contributed by atoms with Crippen molar-refractivity contribution in [3.05, 3.63) is 53.9 Å². The van der Waals surface area contributed by atoms with Gasteiger partial charge in [-0.1, -0.05) is 12.1 Å². The molecule has 0 aliphatic heterocycles. The lowest BCUT2D eigenvalue weighted by atomic mass is 10.1. The van der Waals surface area contributed by atoms with Crippen molar-refractivity contribution >= 4 is 27.4 Å². The van der Waals surface area contributed by atoms with E-state index in [0.717, 1.165) is 37.5 Å². The van der Waals surface area contributed by atoms with Gasteiger partial charge in [0.15, 0.2) is 17.3 Å². The topological polar surface area (TPSA) is 87.4 Å². The van der Waals surface area contributed by atoms with Gasteiger partial charge in [0, 0.05) is 10.4 Å². The minimum Gasteiger partial charge on any atom is -0.493 e. The van der Waals surface area contributed by atoms with E-state index in [1.165, 1.54) is 6.33 Å².